The van der Waals surface area contributed by atoms with Crippen LogP contribution in [0.25, 0.3) is 0 Å². The molecule has 0 saturated heterocycles. The van der Waals surface area contributed by atoms with E-state index in [-0.39, 0.29) is 36.9 Å². The van der Waals surface area contributed by atoms with Gasteiger partial charge in [-0.2, -0.15) is 0 Å². The predicted octanol–water partition coefficient (Wildman–Crippen LogP) is 3.58. The second kappa shape index (κ2) is 20.8. The number of rotatable bonds is 14. The van der Waals surface area contributed by atoms with Gasteiger partial charge in [0, 0.05) is 75.4 Å². The van der Waals surface area contributed by atoms with E-state index in [0.717, 1.165) is 11.1 Å². The first-order chi connectivity index (χ1) is 28.1. The predicted molar refractivity (Wildman–Crippen MR) is 221 cm³/mol. The molecule has 0 atom stereocenters. The SMILES string of the molecule is N=C(NC(=N)N(CCN)Cc1ccc(CN(CCN)C(=N)NC(=N)Nc2ccc(OC(=O)c3cccnc3)cc2)cc1)Nc1ccc(OC(=O)c2cccnc2)cc1. The molecule has 0 aliphatic carbocycles. The number of guanidine groups is 4. The maximum atomic E-state index is 12.3. The van der Waals surface area contributed by atoms with E-state index in [1.807, 2.05) is 24.3 Å². The molecule has 0 aliphatic rings. The van der Waals surface area contributed by atoms with Crippen LogP contribution in [0, 0.1) is 21.6 Å². The van der Waals surface area contributed by atoms with Crippen molar-refractivity contribution in [3.8, 4) is 11.5 Å². The zero-order valence-electron chi connectivity index (χ0n) is 31.4. The molecule has 12 N–H and O–H groups in total. The van der Waals surface area contributed by atoms with Crippen LogP contribution in [0.15, 0.2) is 122 Å². The average molecular weight is 785 g/mol. The Hall–Kier alpha value is -7.70. The summed E-state index contributed by atoms with van der Waals surface area (Å²) in [4.78, 5) is 35.8. The molecule has 5 rings (SSSR count). The van der Waals surface area contributed by atoms with Gasteiger partial charge in [0.05, 0.1) is 11.1 Å². The summed E-state index contributed by atoms with van der Waals surface area (Å²) in [5.41, 5.74) is 15.2. The first kappa shape index (κ1) is 41.5. The highest BCUT2D eigenvalue weighted by Crippen LogP contribution is 2.19. The smallest absolute Gasteiger partial charge is 0.345 e. The van der Waals surface area contributed by atoms with Crippen LogP contribution in [-0.4, -0.2) is 81.7 Å². The molecule has 0 amide bonds. The molecule has 5 aromatic rings. The van der Waals surface area contributed by atoms with Gasteiger partial charge in [0.2, 0.25) is 0 Å². The van der Waals surface area contributed by atoms with Crippen LogP contribution in [0.5, 0.6) is 11.5 Å². The number of hydrogen-bond acceptors (Lipinski definition) is 12. The first-order valence-corrected chi connectivity index (χ1v) is 17.9. The fraction of sp³-hybridized carbons (Fsp3) is 0.150. The van der Waals surface area contributed by atoms with Crippen LogP contribution in [-0.2, 0) is 13.1 Å². The van der Waals surface area contributed by atoms with Gasteiger partial charge < -0.3 is 41.4 Å². The van der Waals surface area contributed by atoms with Gasteiger partial charge in [0.15, 0.2) is 23.8 Å². The van der Waals surface area contributed by atoms with Crippen LogP contribution in [0.2, 0.25) is 0 Å². The van der Waals surface area contributed by atoms with E-state index in [9.17, 15) is 9.59 Å². The third kappa shape index (κ3) is 12.7. The Labute approximate surface area is 334 Å². The van der Waals surface area contributed by atoms with Gasteiger partial charge in [-0.05, 0) is 83.9 Å². The van der Waals surface area contributed by atoms with Gasteiger partial charge >= 0.3 is 11.9 Å². The lowest BCUT2D eigenvalue weighted by Crippen LogP contribution is -2.47. The molecule has 2 heterocycles. The molecule has 18 nitrogen and oxygen atoms in total. The van der Waals surface area contributed by atoms with Gasteiger partial charge in [-0.25, -0.2) is 9.59 Å². The van der Waals surface area contributed by atoms with Crippen molar-refractivity contribution in [1.29, 1.82) is 21.6 Å². The highest BCUT2D eigenvalue weighted by molar-refractivity contribution is 6.03. The zero-order chi connectivity index (χ0) is 41.3. The van der Waals surface area contributed by atoms with Gasteiger partial charge in [0.25, 0.3) is 0 Å². The number of nitrogens with two attached hydrogens (primary N) is 2. The number of carbonyl (C=O) groups excluding carboxylic acids is 2. The molecule has 0 aliphatic heterocycles. The number of anilines is 2. The first-order valence-electron chi connectivity index (χ1n) is 17.9. The zero-order valence-corrected chi connectivity index (χ0v) is 31.4. The lowest BCUT2D eigenvalue weighted by atomic mass is 10.1. The van der Waals surface area contributed by atoms with Crippen LogP contribution >= 0.6 is 0 Å². The number of nitrogens with zero attached hydrogens (tertiary/aromatic N) is 4. The third-order valence-corrected chi connectivity index (χ3v) is 8.15. The Bertz CT molecular complexity index is 2010. The Kier molecular flexibility index (Phi) is 14.9. The molecule has 0 saturated carbocycles. The fourth-order valence-electron chi connectivity index (χ4n) is 5.30. The van der Waals surface area contributed by atoms with E-state index < -0.39 is 11.9 Å². The normalized spacial score (nSPS) is 10.4. The Morgan fingerprint density at radius 3 is 1.28 bits per heavy atom. The number of esters is 2. The number of ether oxygens (including phenoxy) is 2. The van der Waals surface area contributed by atoms with Crippen molar-refractivity contribution in [3.05, 3.63) is 144 Å². The molecule has 3 aromatic carbocycles. The summed E-state index contributed by atoms with van der Waals surface area (Å²) in [5.74, 6) is -0.758. The molecule has 0 unspecified atom stereocenters. The Morgan fingerprint density at radius 1 is 0.569 bits per heavy atom. The molecule has 2 aromatic heterocycles. The minimum Gasteiger partial charge on any atom is -0.423 e. The number of carbonyl (C=O) groups is 2. The second-order valence-electron chi connectivity index (χ2n) is 12.5. The number of nitrogens with one attached hydrogen (secondary N) is 8. The van der Waals surface area contributed by atoms with Gasteiger partial charge in [-0.1, -0.05) is 24.3 Å². The van der Waals surface area contributed by atoms with E-state index in [1.165, 1.54) is 12.4 Å². The quantitative estimate of drug-likeness (QED) is 0.0334. The van der Waals surface area contributed by atoms with Crippen molar-refractivity contribution in [3.63, 3.8) is 0 Å². The van der Waals surface area contributed by atoms with Crippen molar-refractivity contribution in [1.82, 2.24) is 30.4 Å². The molecule has 58 heavy (non-hydrogen) atoms. The van der Waals surface area contributed by atoms with Crippen molar-refractivity contribution >= 4 is 47.2 Å². The van der Waals surface area contributed by atoms with Crippen LogP contribution < -0.4 is 42.2 Å². The highest BCUT2D eigenvalue weighted by Gasteiger charge is 2.15. The topological polar surface area (TPSA) is 280 Å². The molecular formula is C40H44N14O4. The fourth-order valence-corrected chi connectivity index (χ4v) is 5.30. The van der Waals surface area contributed by atoms with Crippen LogP contribution in [0.1, 0.15) is 31.8 Å². The molecule has 0 fully saturated rings. The van der Waals surface area contributed by atoms with Crippen molar-refractivity contribution in [2.45, 2.75) is 13.1 Å². The number of pyridine rings is 2. The molecule has 0 radical (unpaired) electrons. The standard InChI is InChI=1S/C40H44N14O4/c41-17-21-53(39(45)51-37(43)49-31-9-13-33(14-10-31)57-35(55)29-3-1-19-47-23-29)25-27-5-7-28(8-6-27)26-54(22-18-42)40(46)52-38(44)50-32-11-15-34(16-12-32)58-36(56)30-4-2-20-48-24-30/h1-16,19-20,23-24H,17-18,21-22,25-26,41-42H2,(H4,43,45,49,51)(H4,44,46,50,52). The Balaban J connectivity index is 1.08. The summed E-state index contributed by atoms with van der Waals surface area (Å²) in [5, 5.41) is 45.3. The minimum atomic E-state index is -0.536. The highest BCUT2D eigenvalue weighted by atomic mass is 16.5. The van der Waals surface area contributed by atoms with Crippen LogP contribution in [0.4, 0.5) is 11.4 Å². The molecule has 298 valence electrons. The van der Waals surface area contributed by atoms with E-state index in [1.54, 1.807) is 95.0 Å². The van der Waals surface area contributed by atoms with Crippen LogP contribution in [0.3, 0.4) is 0 Å². The van der Waals surface area contributed by atoms with E-state index in [2.05, 4.69) is 31.2 Å². The molecule has 0 spiro atoms. The number of hydrogen-bond donors (Lipinski definition) is 10. The second-order valence-corrected chi connectivity index (χ2v) is 12.5. The van der Waals surface area contributed by atoms with Gasteiger partial charge in [-0.3, -0.25) is 42.2 Å². The summed E-state index contributed by atoms with van der Waals surface area (Å²) in [6, 6.07) is 27.1. The molecule has 0 bridgehead atoms. The summed E-state index contributed by atoms with van der Waals surface area (Å²) < 4.78 is 10.7. The minimum absolute atomic E-state index is 0.0287. The van der Waals surface area contributed by atoms with E-state index in [0.29, 0.717) is 60.2 Å². The van der Waals surface area contributed by atoms with Crippen molar-refractivity contribution < 1.29 is 19.1 Å². The van der Waals surface area contributed by atoms with Gasteiger partial charge in [-0.15, -0.1) is 0 Å². The largest absolute Gasteiger partial charge is 0.423 e. The molecule has 18 heteroatoms. The van der Waals surface area contributed by atoms with E-state index in [4.69, 9.17) is 42.6 Å². The lowest BCUT2D eigenvalue weighted by Gasteiger charge is -2.27. The summed E-state index contributed by atoms with van der Waals surface area (Å²) >= 11 is 0. The molecular weight excluding hydrogens is 741 g/mol. The third-order valence-electron chi connectivity index (χ3n) is 8.15. The number of benzene rings is 3. The van der Waals surface area contributed by atoms with Gasteiger partial charge in [0.1, 0.15) is 11.5 Å². The van der Waals surface area contributed by atoms with Crippen molar-refractivity contribution in [2.75, 3.05) is 36.8 Å². The lowest BCUT2D eigenvalue weighted by molar-refractivity contribution is 0.0724. The Morgan fingerprint density at radius 2 is 0.948 bits per heavy atom. The van der Waals surface area contributed by atoms with Crippen molar-refractivity contribution in [2.24, 2.45) is 11.5 Å². The average Bonchev–Trinajstić information content (AvgIpc) is 3.23. The number of aromatic nitrogens is 2. The maximum absolute atomic E-state index is 12.3. The summed E-state index contributed by atoms with van der Waals surface area (Å²) in [6.45, 7) is 1.96. The summed E-state index contributed by atoms with van der Waals surface area (Å²) in [7, 11) is 0. The van der Waals surface area contributed by atoms with E-state index >= 15 is 0 Å². The maximum Gasteiger partial charge on any atom is 0.345 e. The monoisotopic (exact) mass is 784 g/mol. The summed E-state index contributed by atoms with van der Waals surface area (Å²) in [6.07, 6.45) is 5.97.